The molecular weight excluding hydrogens is 252 g/mol. The molecule has 2 N–H and O–H groups in total. The SMILES string of the molecule is COc1ccccc1[C@@H](C)NC(=O)C1(C)CCCCN1. The lowest BCUT2D eigenvalue weighted by Gasteiger charge is -2.34. The molecule has 1 amide bonds. The maximum atomic E-state index is 12.5. The van der Waals surface area contributed by atoms with Crippen LogP contribution in [0, 0.1) is 0 Å². The Balaban J connectivity index is 2.07. The van der Waals surface area contributed by atoms with Crippen LogP contribution in [-0.2, 0) is 4.79 Å². The molecule has 1 aromatic rings. The predicted octanol–water partition coefficient (Wildman–Crippen LogP) is 2.40. The minimum absolute atomic E-state index is 0.0654. The molecule has 110 valence electrons. The van der Waals surface area contributed by atoms with Crippen molar-refractivity contribution < 1.29 is 9.53 Å². The average Bonchev–Trinajstić information content (AvgIpc) is 2.47. The van der Waals surface area contributed by atoms with E-state index in [2.05, 4.69) is 10.6 Å². The summed E-state index contributed by atoms with van der Waals surface area (Å²) in [5, 5.41) is 6.44. The first-order valence-electron chi connectivity index (χ1n) is 7.26. The third-order valence-electron chi connectivity index (χ3n) is 4.07. The summed E-state index contributed by atoms with van der Waals surface area (Å²) < 4.78 is 5.35. The second kappa shape index (κ2) is 6.27. The van der Waals surface area contributed by atoms with Crippen LogP contribution in [0.5, 0.6) is 5.75 Å². The van der Waals surface area contributed by atoms with Gasteiger partial charge >= 0.3 is 0 Å². The minimum Gasteiger partial charge on any atom is -0.496 e. The molecule has 1 aromatic carbocycles. The fourth-order valence-electron chi connectivity index (χ4n) is 2.71. The Bertz CT molecular complexity index is 467. The third kappa shape index (κ3) is 3.12. The minimum atomic E-state index is -0.450. The van der Waals surface area contributed by atoms with Crippen LogP contribution >= 0.6 is 0 Å². The first kappa shape index (κ1) is 14.9. The molecule has 2 rings (SSSR count). The Morgan fingerprint density at radius 1 is 1.40 bits per heavy atom. The van der Waals surface area contributed by atoms with E-state index in [0.717, 1.165) is 37.1 Å². The van der Waals surface area contributed by atoms with E-state index in [1.165, 1.54) is 0 Å². The number of rotatable bonds is 4. The number of hydrogen-bond donors (Lipinski definition) is 2. The van der Waals surface area contributed by atoms with Gasteiger partial charge in [-0.3, -0.25) is 4.79 Å². The van der Waals surface area contributed by atoms with Gasteiger partial charge in [0.25, 0.3) is 0 Å². The largest absolute Gasteiger partial charge is 0.496 e. The number of benzene rings is 1. The Labute approximate surface area is 120 Å². The van der Waals surface area contributed by atoms with Gasteiger partial charge in [0.2, 0.25) is 5.91 Å². The molecule has 1 unspecified atom stereocenters. The summed E-state index contributed by atoms with van der Waals surface area (Å²) in [7, 11) is 1.65. The highest BCUT2D eigenvalue weighted by atomic mass is 16.5. The van der Waals surface area contributed by atoms with Crippen LogP contribution in [0.2, 0.25) is 0 Å². The van der Waals surface area contributed by atoms with Crippen molar-refractivity contribution in [2.75, 3.05) is 13.7 Å². The van der Waals surface area contributed by atoms with E-state index in [1.54, 1.807) is 7.11 Å². The van der Waals surface area contributed by atoms with Crippen molar-refractivity contribution in [3.05, 3.63) is 29.8 Å². The zero-order valence-electron chi connectivity index (χ0n) is 12.5. The van der Waals surface area contributed by atoms with Crippen LogP contribution in [0.4, 0.5) is 0 Å². The number of methoxy groups -OCH3 is 1. The summed E-state index contributed by atoms with van der Waals surface area (Å²) >= 11 is 0. The Kier molecular flexibility index (Phi) is 4.65. The van der Waals surface area contributed by atoms with Gasteiger partial charge in [-0.1, -0.05) is 18.2 Å². The topological polar surface area (TPSA) is 50.4 Å². The highest BCUT2D eigenvalue weighted by Crippen LogP contribution is 2.26. The van der Waals surface area contributed by atoms with Crippen LogP contribution in [0.15, 0.2) is 24.3 Å². The Morgan fingerprint density at radius 3 is 2.80 bits per heavy atom. The summed E-state index contributed by atoms with van der Waals surface area (Å²) in [6, 6.07) is 7.72. The first-order valence-corrected chi connectivity index (χ1v) is 7.26. The smallest absolute Gasteiger partial charge is 0.240 e. The van der Waals surface area contributed by atoms with Crippen LogP contribution in [0.3, 0.4) is 0 Å². The van der Waals surface area contributed by atoms with Gasteiger partial charge in [-0.15, -0.1) is 0 Å². The van der Waals surface area contributed by atoms with Gasteiger partial charge in [0.1, 0.15) is 5.75 Å². The Hall–Kier alpha value is -1.55. The number of carbonyl (C=O) groups is 1. The van der Waals surface area contributed by atoms with E-state index >= 15 is 0 Å². The quantitative estimate of drug-likeness (QED) is 0.888. The fraction of sp³-hybridized carbons (Fsp3) is 0.562. The van der Waals surface area contributed by atoms with Crippen molar-refractivity contribution in [3.8, 4) is 5.75 Å². The monoisotopic (exact) mass is 276 g/mol. The lowest BCUT2D eigenvalue weighted by Crippen LogP contribution is -2.57. The van der Waals surface area contributed by atoms with E-state index in [9.17, 15) is 4.79 Å². The summed E-state index contributed by atoms with van der Waals surface area (Å²) in [5.41, 5.74) is 0.553. The van der Waals surface area contributed by atoms with E-state index in [4.69, 9.17) is 4.74 Å². The number of para-hydroxylation sites is 1. The molecule has 4 nitrogen and oxygen atoms in total. The molecule has 2 atom stereocenters. The zero-order chi connectivity index (χ0) is 14.6. The van der Waals surface area contributed by atoms with Crippen molar-refractivity contribution in [2.24, 2.45) is 0 Å². The number of hydrogen-bond acceptors (Lipinski definition) is 3. The molecule has 0 radical (unpaired) electrons. The van der Waals surface area contributed by atoms with E-state index in [-0.39, 0.29) is 11.9 Å². The fourth-order valence-corrected chi connectivity index (χ4v) is 2.71. The molecule has 1 heterocycles. The van der Waals surface area contributed by atoms with Crippen molar-refractivity contribution in [2.45, 2.75) is 44.7 Å². The second-order valence-corrected chi connectivity index (χ2v) is 5.65. The van der Waals surface area contributed by atoms with Gasteiger partial charge in [0.15, 0.2) is 0 Å². The standard InChI is InChI=1S/C16H24N2O2/c1-12(13-8-4-5-9-14(13)20-3)18-15(19)16(2)10-6-7-11-17-16/h4-5,8-9,12,17H,6-7,10-11H2,1-3H3,(H,18,19)/t12-,16?/m1/s1. The summed E-state index contributed by atoms with van der Waals surface area (Å²) in [6.07, 6.45) is 3.13. The van der Waals surface area contributed by atoms with Gasteiger partial charge in [-0.25, -0.2) is 0 Å². The molecule has 0 saturated carbocycles. The number of piperidine rings is 1. The summed E-state index contributed by atoms with van der Waals surface area (Å²) in [5.74, 6) is 0.873. The first-order chi connectivity index (χ1) is 9.57. The predicted molar refractivity (Wildman–Crippen MR) is 79.8 cm³/mol. The van der Waals surface area contributed by atoms with Crippen molar-refractivity contribution in [1.29, 1.82) is 0 Å². The normalized spacial score (nSPS) is 23.9. The van der Waals surface area contributed by atoms with Gasteiger partial charge in [0, 0.05) is 5.56 Å². The van der Waals surface area contributed by atoms with Crippen LogP contribution in [-0.4, -0.2) is 25.1 Å². The van der Waals surface area contributed by atoms with E-state index in [1.807, 2.05) is 38.1 Å². The number of amides is 1. The zero-order valence-corrected chi connectivity index (χ0v) is 12.5. The van der Waals surface area contributed by atoms with E-state index < -0.39 is 5.54 Å². The molecule has 0 spiro atoms. The summed E-state index contributed by atoms with van der Waals surface area (Å²) in [6.45, 7) is 4.88. The molecule has 0 bridgehead atoms. The maximum Gasteiger partial charge on any atom is 0.240 e. The maximum absolute atomic E-state index is 12.5. The van der Waals surface area contributed by atoms with E-state index in [0.29, 0.717) is 0 Å². The third-order valence-corrected chi connectivity index (χ3v) is 4.07. The molecule has 1 aliphatic rings. The van der Waals surface area contributed by atoms with Crippen molar-refractivity contribution in [3.63, 3.8) is 0 Å². The number of nitrogens with one attached hydrogen (secondary N) is 2. The molecule has 20 heavy (non-hydrogen) atoms. The molecule has 1 fully saturated rings. The number of ether oxygens (including phenoxy) is 1. The van der Waals surface area contributed by atoms with Gasteiger partial charge in [0.05, 0.1) is 18.7 Å². The molecule has 1 saturated heterocycles. The van der Waals surface area contributed by atoms with Crippen molar-refractivity contribution >= 4 is 5.91 Å². The number of carbonyl (C=O) groups excluding carboxylic acids is 1. The molecular formula is C16H24N2O2. The van der Waals surface area contributed by atoms with Crippen molar-refractivity contribution in [1.82, 2.24) is 10.6 Å². The molecule has 4 heteroatoms. The molecule has 1 aliphatic heterocycles. The van der Waals surface area contributed by atoms with Gasteiger partial charge in [-0.2, -0.15) is 0 Å². The Morgan fingerprint density at radius 2 is 2.15 bits per heavy atom. The molecule has 0 aliphatic carbocycles. The van der Waals surface area contributed by atoms with Crippen LogP contribution in [0.1, 0.15) is 44.7 Å². The van der Waals surface area contributed by atoms with Gasteiger partial charge < -0.3 is 15.4 Å². The van der Waals surface area contributed by atoms with Gasteiger partial charge in [-0.05, 0) is 45.7 Å². The highest BCUT2D eigenvalue weighted by molar-refractivity contribution is 5.86. The van der Waals surface area contributed by atoms with Crippen LogP contribution in [0.25, 0.3) is 0 Å². The second-order valence-electron chi connectivity index (χ2n) is 5.65. The molecule has 0 aromatic heterocycles. The lowest BCUT2D eigenvalue weighted by atomic mass is 9.89. The van der Waals surface area contributed by atoms with Crippen LogP contribution < -0.4 is 15.4 Å². The average molecular weight is 276 g/mol. The summed E-state index contributed by atoms with van der Waals surface area (Å²) in [4.78, 5) is 12.5. The highest BCUT2D eigenvalue weighted by Gasteiger charge is 2.35. The lowest BCUT2D eigenvalue weighted by molar-refractivity contribution is -0.128.